The third-order valence-corrected chi connectivity index (χ3v) is 1.81. The number of aliphatic hydroxyl groups excluding tert-OH is 1. The van der Waals surface area contributed by atoms with E-state index in [1.54, 1.807) is 25.9 Å². The van der Waals surface area contributed by atoms with Gasteiger partial charge in [-0.05, 0) is 6.92 Å². The van der Waals surface area contributed by atoms with E-state index in [0.29, 0.717) is 17.1 Å². The zero-order valence-corrected chi connectivity index (χ0v) is 8.46. The van der Waals surface area contributed by atoms with Crippen molar-refractivity contribution in [2.24, 2.45) is 0 Å². The summed E-state index contributed by atoms with van der Waals surface area (Å²) >= 11 is 0. The summed E-state index contributed by atoms with van der Waals surface area (Å²) in [7, 11) is 3.49. The number of aromatic amines is 1. The van der Waals surface area contributed by atoms with E-state index in [4.69, 9.17) is 0 Å². The summed E-state index contributed by atoms with van der Waals surface area (Å²) in [4.78, 5) is 19.0. The molecule has 0 bridgehead atoms. The number of nitrogens with zero attached hydrogens (tertiary/aromatic N) is 2. The lowest BCUT2D eigenvalue weighted by molar-refractivity contribution is 0.512. The van der Waals surface area contributed by atoms with Crippen LogP contribution in [0.1, 0.15) is 11.3 Å². The SMILES string of the molecule is C=C(O)c1c(N(C)C)nc(=O)[nH]c1C. The second-order valence-corrected chi connectivity index (χ2v) is 3.21. The van der Waals surface area contributed by atoms with Gasteiger partial charge in [-0.25, -0.2) is 4.79 Å². The Bertz CT molecular complexity index is 421. The van der Waals surface area contributed by atoms with Crippen molar-refractivity contribution in [1.82, 2.24) is 9.97 Å². The zero-order valence-electron chi connectivity index (χ0n) is 8.46. The van der Waals surface area contributed by atoms with Crippen molar-refractivity contribution in [3.63, 3.8) is 0 Å². The molecule has 0 aromatic carbocycles. The standard InChI is InChI=1S/C9H13N3O2/c1-5-7(6(2)13)8(12(3)4)11-9(14)10-5/h13H,2H2,1,3-4H3,(H,10,11,14). The molecule has 76 valence electrons. The van der Waals surface area contributed by atoms with Gasteiger partial charge in [-0.3, -0.25) is 0 Å². The Balaban J connectivity index is 3.52. The number of hydrogen-bond donors (Lipinski definition) is 2. The van der Waals surface area contributed by atoms with Crippen LogP contribution in [0.3, 0.4) is 0 Å². The molecule has 0 fully saturated rings. The molecule has 0 radical (unpaired) electrons. The number of aliphatic hydroxyl groups is 1. The normalized spacial score (nSPS) is 9.93. The van der Waals surface area contributed by atoms with Crippen molar-refractivity contribution in [3.05, 3.63) is 28.3 Å². The maximum absolute atomic E-state index is 11.1. The van der Waals surface area contributed by atoms with Crippen LogP contribution < -0.4 is 10.6 Å². The van der Waals surface area contributed by atoms with Crippen molar-refractivity contribution in [2.75, 3.05) is 19.0 Å². The molecule has 0 atom stereocenters. The van der Waals surface area contributed by atoms with Gasteiger partial charge < -0.3 is 15.0 Å². The van der Waals surface area contributed by atoms with Gasteiger partial charge in [0.05, 0.1) is 5.56 Å². The van der Waals surface area contributed by atoms with E-state index in [0.717, 1.165) is 0 Å². The maximum atomic E-state index is 11.1. The molecule has 1 aromatic heterocycles. The quantitative estimate of drug-likeness (QED) is 0.680. The van der Waals surface area contributed by atoms with Gasteiger partial charge in [0.1, 0.15) is 11.6 Å². The first-order chi connectivity index (χ1) is 6.43. The van der Waals surface area contributed by atoms with Crippen molar-refractivity contribution in [3.8, 4) is 0 Å². The van der Waals surface area contributed by atoms with Gasteiger partial charge in [-0.2, -0.15) is 4.98 Å². The van der Waals surface area contributed by atoms with Crippen molar-refractivity contribution in [2.45, 2.75) is 6.92 Å². The van der Waals surface area contributed by atoms with E-state index < -0.39 is 5.69 Å². The summed E-state index contributed by atoms with van der Waals surface area (Å²) in [5.74, 6) is 0.314. The molecular weight excluding hydrogens is 182 g/mol. The molecule has 0 aliphatic carbocycles. The molecule has 0 aliphatic rings. The van der Waals surface area contributed by atoms with Crippen LogP contribution in [0.2, 0.25) is 0 Å². The van der Waals surface area contributed by atoms with Crippen LogP contribution in [0.4, 0.5) is 5.82 Å². The minimum Gasteiger partial charge on any atom is -0.508 e. The number of hydrogen-bond acceptors (Lipinski definition) is 4. The van der Waals surface area contributed by atoms with Gasteiger partial charge in [0, 0.05) is 19.8 Å². The largest absolute Gasteiger partial charge is 0.508 e. The summed E-state index contributed by atoms with van der Waals surface area (Å²) in [6, 6.07) is 0. The van der Waals surface area contributed by atoms with Crippen molar-refractivity contribution in [1.29, 1.82) is 0 Å². The van der Waals surface area contributed by atoms with Crippen LogP contribution in [0.5, 0.6) is 0 Å². The van der Waals surface area contributed by atoms with Gasteiger partial charge in [0.15, 0.2) is 0 Å². The van der Waals surface area contributed by atoms with E-state index in [9.17, 15) is 9.90 Å². The molecule has 0 unspecified atom stereocenters. The summed E-state index contributed by atoms with van der Waals surface area (Å²) in [5, 5.41) is 9.34. The molecule has 0 saturated carbocycles. The number of H-pyrrole nitrogens is 1. The summed E-state index contributed by atoms with van der Waals surface area (Å²) < 4.78 is 0. The van der Waals surface area contributed by atoms with Gasteiger partial charge in [0.25, 0.3) is 0 Å². The Labute approximate surface area is 81.7 Å². The van der Waals surface area contributed by atoms with Crippen LogP contribution in [-0.2, 0) is 0 Å². The lowest BCUT2D eigenvalue weighted by Gasteiger charge is -2.16. The molecule has 0 aliphatic heterocycles. The molecule has 5 nitrogen and oxygen atoms in total. The highest BCUT2D eigenvalue weighted by Crippen LogP contribution is 2.21. The molecule has 1 rings (SSSR count). The number of nitrogens with one attached hydrogen (secondary N) is 1. The van der Waals surface area contributed by atoms with E-state index in [2.05, 4.69) is 16.5 Å². The Hall–Kier alpha value is -1.78. The van der Waals surface area contributed by atoms with Gasteiger partial charge in [-0.15, -0.1) is 0 Å². The molecule has 14 heavy (non-hydrogen) atoms. The van der Waals surface area contributed by atoms with Crippen LogP contribution in [0, 0.1) is 6.92 Å². The summed E-state index contributed by atoms with van der Waals surface area (Å²) in [6.07, 6.45) is 0. The minimum atomic E-state index is -0.434. The number of aryl methyl sites for hydroxylation is 1. The fraction of sp³-hybridized carbons (Fsp3) is 0.333. The van der Waals surface area contributed by atoms with E-state index in [1.165, 1.54) is 0 Å². The molecule has 0 saturated heterocycles. The smallest absolute Gasteiger partial charge is 0.347 e. The molecule has 1 aromatic rings. The highest BCUT2D eigenvalue weighted by atomic mass is 16.3. The van der Waals surface area contributed by atoms with Crippen molar-refractivity contribution < 1.29 is 5.11 Å². The highest BCUT2D eigenvalue weighted by Gasteiger charge is 2.13. The Morgan fingerprint density at radius 1 is 1.57 bits per heavy atom. The molecular formula is C9H13N3O2. The van der Waals surface area contributed by atoms with E-state index >= 15 is 0 Å². The first-order valence-corrected chi connectivity index (χ1v) is 4.10. The van der Waals surface area contributed by atoms with Crippen molar-refractivity contribution >= 4 is 11.6 Å². The molecule has 2 N–H and O–H groups in total. The Kier molecular flexibility index (Phi) is 2.60. The first kappa shape index (κ1) is 10.3. The predicted octanol–water partition coefficient (Wildman–Crippen LogP) is 0.673. The van der Waals surface area contributed by atoms with Gasteiger partial charge >= 0.3 is 5.69 Å². The average Bonchev–Trinajstić information content (AvgIpc) is 2.01. The maximum Gasteiger partial charge on any atom is 0.347 e. The lowest BCUT2D eigenvalue weighted by atomic mass is 10.2. The van der Waals surface area contributed by atoms with Crippen LogP contribution in [0.25, 0.3) is 5.76 Å². The summed E-state index contributed by atoms with van der Waals surface area (Å²) in [5.41, 5.74) is 0.590. The van der Waals surface area contributed by atoms with Crippen LogP contribution >= 0.6 is 0 Å². The second kappa shape index (κ2) is 3.53. The Morgan fingerprint density at radius 3 is 2.57 bits per heavy atom. The van der Waals surface area contributed by atoms with Crippen LogP contribution in [-0.4, -0.2) is 29.2 Å². The molecule has 5 heteroatoms. The molecule has 0 spiro atoms. The molecule has 1 heterocycles. The second-order valence-electron chi connectivity index (χ2n) is 3.21. The number of anilines is 1. The van der Waals surface area contributed by atoms with Gasteiger partial charge in [-0.1, -0.05) is 6.58 Å². The van der Waals surface area contributed by atoms with E-state index in [1.807, 2.05) is 0 Å². The third-order valence-electron chi connectivity index (χ3n) is 1.81. The highest BCUT2D eigenvalue weighted by molar-refractivity contribution is 5.69. The fourth-order valence-corrected chi connectivity index (χ4v) is 1.24. The molecule has 0 amide bonds. The van der Waals surface area contributed by atoms with Crippen LogP contribution in [0.15, 0.2) is 11.4 Å². The topological polar surface area (TPSA) is 69.2 Å². The summed E-state index contributed by atoms with van der Waals surface area (Å²) in [6.45, 7) is 5.11. The number of aromatic nitrogens is 2. The minimum absolute atomic E-state index is 0.102. The predicted molar refractivity (Wildman–Crippen MR) is 55.6 cm³/mol. The van der Waals surface area contributed by atoms with Gasteiger partial charge in [0.2, 0.25) is 0 Å². The third kappa shape index (κ3) is 1.76. The lowest BCUT2D eigenvalue weighted by Crippen LogP contribution is -2.22. The average molecular weight is 195 g/mol. The van der Waals surface area contributed by atoms with E-state index in [-0.39, 0.29) is 5.76 Å². The monoisotopic (exact) mass is 195 g/mol. The Morgan fingerprint density at radius 2 is 2.14 bits per heavy atom. The first-order valence-electron chi connectivity index (χ1n) is 4.10. The fourth-order valence-electron chi connectivity index (χ4n) is 1.24. The zero-order chi connectivity index (χ0) is 10.9. The number of rotatable bonds is 2.